The zero-order valence-corrected chi connectivity index (χ0v) is 44.3. The van der Waals surface area contributed by atoms with Crippen LogP contribution >= 0.6 is 7.82 Å². The molecular weight excluding hydrogens is 846 g/mol. The number of carbonyl (C=O) groups is 2. The molecule has 0 rings (SSSR count). The van der Waals surface area contributed by atoms with Crippen LogP contribution in [0.3, 0.4) is 0 Å². The van der Waals surface area contributed by atoms with Crippen LogP contribution in [0, 0.1) is 0 Å². The van der Waals surface area contributed by atoms with E-state index in [0.29, 0.717) is 17.4 Å². The van der Waals surface area contributed by atoms with E-state index >= 15 is 0 Å². The number of phosphoric acid groups is 1. The van der Waals surface area contributed by atoms with Crippen molar-refractivity contribution in [3.63, 3.8) is 0 Å². The van der Waals surface area contributed by atoms with Gasteiger partial charge in [0, 0.05) is 12.8 Å². The molecule has 2 atom stereocenters. The van der Waals surface area contributed by atoms with E-state index in [0.717, 1.165) is 70.6 Å². The van der Waals surface area contributed by atoms with Crippen molar-refractivity contribution < 1.29 is 42.1 Å². The van der Waals surface area contributed by atoms with Crippen LogP contribution in [0.4, 0.5) is 0 Å². The number of phosphoric ester groups is 1. The summed E-state index contributed by atoms with van der Waals surface area (Å²) in [6.45, 7) is 4.13. The zero-order valence-electron chi connectivity index (χ0n) is 43.4. The third kappa shape index (κ3) is 51.1. The first-order valence-corrected chi connectivity index (χ1v) is 28.5. The second-order valence-corrected chi connectivity index (χ2v) is 20.6. The molecular formula is C56H102NO8P. The first-order valence-electron chi connectivity index (χ1n) is 27.0. The highest BCUT2D eigenvalue weighted by Crippen LogP contribution is 2.38. The summed E-state index contributed by atoms with van der Waals surface area (Å²) in [5.41, 5.74) is 0. The lowest BCUT2D eigenvalue weighted by Gasteiger charge is -2.28. The molecule has 0 aliphatic heterocycles. The average molecular weight is 948 g/mol. The van der Waals surface area contributed by atoms with Crippen molar-refractivity contribution in [3.05, 3.63) is 60.8 Å². The Hall–Kier alpha value is -2.29. The van der Waals surface area contributed by atoms with Crippen molar-refractivity contribution in [2.45, 2.75) is 238 Å². The van der Waals surface area contributed by atoms with Crippen molar-refractivity contribution in [1.29, 1.82) is 0 Å². The summed E-state index contributed by atoms with van der Waals surface area (Å²) >= 11 is 0. The number of nitrogens with zero attached hydrogens (tertiary/aromatic N) is 1. The number of likely N-dealkylation sites (N-methyl/N-ethyl adjacent to an activating group) is 1. The standard InChI is InChI=1S/C56H102NO8P/c1-6-8-10-12-14-16-18-20-22-24-26-28-30-32-34-36-38-40-42-44-46-48-55(58)62-52-54(53-64-66(60,61)63-51-50-57(3,4)5)65-56(59)49-47-45-43-41-39-37-35-33-31-29-27-25-23-21-19-17-15-13-11-9-7-2/h9,11,15,17,21,23-24,26-27,29,54H,6-8,10,12-14,16,18-20,22,25,28,30-53H2,1-5H3/b11-9-,17-15-,23-21-,26-24-,29-27-. The monoisotopic (exact) mass is 948 g/mol. The van der Waals surface area contributed by atoms with E-state index in [-0.39, 0.29) is 32.0 Å². The molecule has 10 heteroatoms. The van der Waals surface area contributed by atoms with E-state index in [1.165, 1.54) is 128 Å². The molecule has 2 unspecified atom stereocenters. The Balaban J connectivity index is 4.24. The summed E-state index contributed by atoms with van der Waals surface area (Å²) in [5.74, 6) is -0.842. The summed E-state index contributed by atoms with van der Waals surface area (Å²) in [4.78, 5) is 37.8. The van der Waals surface area contributed by atoms with Crippen molar-refractivity contribution in [2.24, 2.45) is 0 Å². The van der Waals surface area contributed by atoms with E-state index < -0.39 is 26.5 Å². The minimum absolute atomic E-state index is 0.0346. The second-order valence-electron chi connectivity index (χ2n) is 19.2. The normalized spacial score (nSPS) is 13.8. The molecule has 0 aromatic carbocycles. The molecule has 0 aromatic rings. The summed E-state index contributed by atoms with van der Waals surface area (Å²) in [5, 5.41) is 0. The molecule has 0 aliphatic rings. The number of unbranched alkanes of at least 4 members (excludes halogenated alkanes) is 25. The van der Waals surface area contributed by atoms with Gasteiger partial charge in [0.1, 0.15) is 19.8 Å². The fourth-order valence-corrected chi connectivity index (χ4v) is 8.08. The minimum Gasteiger partial charge on any atom is -0.756 e. The summed E-state index contributed by atoms with van der Waals surface area (Å²) in [7, 11) is 1.16. The van der Waals surface area contributed by atoms with Gasteiger partial charge in [-0.2, -0.15) is 0 Å². The number of carbonyl (C=O) groups excluding carboxylic acids is 2. The Bertz CT molecular complexity index is 1300. The quantitative estimate of drug-likeness (QED) is 0.0195. The second kappa shape index (κ2) is 47.8. The third-order valence-electron chi connectivity index (χ3n) is 11.5. The molecule has 0 saturated heterocycles. The van der Waals surface area contributed by atoms with Crippen LogP contribution < -0.4 is 4.89 Å². The van der Waals surface area contributed by atoms with Gasteiger partial charge in [0.2, 0.25) is 0 Å². The summed E-state index contributed by atoms with van der Waals surface area (Å²) in [6, 6.07) is 0. The molecule has 0 fully saturated rings. The van der Waals surface area contributed by atoms with Gasteiger partial charge >= 0.3 is 11.9 Å². The number of ether oxygens (including phenoxy) is 2. The fraction of sp³-hybridized carbons (Fsp3) is 0.786. The van der Waals surface area contributed by atoms with Gasteiger partial charge in [0.05, 0.1) is 27.7 Å². The molecule has 0 aromatic heterocycles. The van der Waals surface area contributed by atoms with Gasteiger partial charge in [-0.3, -0.25) is 14.2 Å². The van der Waals surface area contributed by atoms with Gasteiger partial charge in [-0.15, -0.1) is 0 Å². The first-order chi connectivity index (χ1) is 32.0. The van der Waals surface area contributed by atoms with Gasteiger partial charge in [0.15, 0.2) is 6.10 Å². The SMILES string of the molecule is CC/C=C\C/C=C\C/C=C\C/C=C\CCCCCCCCCCC(=O)OC(COC(=O)CCCCCCCCCCC/C=C\CCCCCCCCCC)COP(=O)([O-])OCC[N+](C)(C)C. The largest absolute Gasteiger partial charge is 0.756 e. The Morgan fingerprint density at radius 3 is 1.30 bits per heavy atom. The number of allylic oxidation sites excluding steroid dienone is 10. The Morgan fingerprint density at radius 2 is 0.864 bits per heavy atom. The molecule has 0 saturated carbocycles. The van der Waals surface area contributed by atoms with Crippen LogP contribution in [-0.4, -0.2) is 70.0 Å². The van der Waals surface area contributed by atoms with Gasteiger partial charge in [-0.1, -0.05) is 203 Å². The lowest BCUT2D eigenvalue weighted by atomic mass is 10.1. The zero-order chi connectivity index (χ0) is 48.5. The maximum Gasteiger partial charge on any atom is 0.306 e. The van der Waals surface area contributed by atoms with Crippen LogP contribution in [-0.2, 0) is 32.7 Å². The van der Waals surface area contributed by atoms with E-state index in [1.54, 1.807) is 0 Å². The van der Waals surface area contributed by atoms with Gasteiger partial charge in [-0.05, 0) is 77.0 Å². The molecule has 0 aliphatic carbocycles. The van der Waals surface area contributed by atoms with Crippen LogP contribution in [0.25, 0.3) is 0 Å². The highest BCUT2D eigenvalue weighted by molar-refractivity contribution is 7.45. The Kier molecular flexibility index (Phi) is 46.1. The van der Waals surface area contributed by atoms with Crippen molar-refractivity contribution >= 4 is 19.8 Å². The Labute approximate surface area is 406 Å². The van der Waals surface area contributed by atoms with Gasteiger partial charge < -0.3 is 27.9 Å². The van der Waals surface area contributed by atoms with Crippen LogP contribution in [0.1, 0.15) is 232 Å². The van der Waals surface area contributed by atoms with Crippen molar-refractivity contribution in [3.8, 4) is 0 Å². The predicted octanol–water partition coefficient (Wildman–Crippen LogP) is 15.7. The number of rotatable bonds is 49. The maximum atomic E-state index is 12.8. The summed E-state index contributed by atoms with van der Waals surface area (Å²) in [6.07, 6.45) is 59.6. The molecule has 0 radical (unpaired) electrons. The number of hydrogen-bond donors (Lipinski definition) is 0. The van der Waals surface area contributed by atoms with Crippen LogP contribution in [0.15, 0.2) is 60.8 Å². The van der Waals surface area contributed by atoms with Gasteiger partial charge in [-0.25, -0.2) is 0 Å². The number of esters is 2. The van der Waals surface area contributed by atoms with Crippen molar-refractivity contribution in [2.75, 3.05) is 47.5 Å². The van der Waals surface area contributed by atoms with Crippen molar-refractivity contribution in [1.82, 2.24) is 0 Å². The van der Waals surface area contributed by atoms with E-state index in [1.807, 2.05) is 21.1 Å². The lowest BCUT2D eigenvalue weighted by Crippen LogP contribution is -2.37. The third-order valence-corrected chi connectivity index (χ3v) is 12.5. The molecule has 0 bridgehead atoms. The average Bonchev–Trinajstić information content (AvgIpc) is 3.27. The number of hydrogen-bond acceptors (Lipinski definition) is 8. The highest BCUT2D eigenvalue weighted by Gasteiger charge is 2.21. The van der Waals surface area contributed by atoms with Crippen LogP contribution in [0.5, 0.6) is 0 Å². The number of quaternary nitrogens is 1. The van der Waals surface area contributed by atoms with E-state index in [2.05, 4.69) is 74.6 Å². The first kappa shape index (κ1) is 63.7. The molecule has 0 amide bonds. The van der Waals surface area contributed by atoms with E-state index in [9.17, 15) is 19.0 Å². The topological polar surface area (TPSA) is 111 Å². The molecule has 9 nitrogen and oxygen atoms in total. The smallest absolute Gasteiger partial charge is 0.306 e. The maximum absolute atomic E-state index is 12.8. The minimum atomic E-state index is -4.64. The summed E-state index contributed by atoms with van der Waals surface area (Å²) < 4.78 is 34.1. The molecule has 0 heterocycles. The highest BCUT2D eigenvalue weighted by atomic mass is 31.2. The van der Waals surface area contributed by atoms with Gasteiger partial charge in [0.25, 0.3) is 7.82 Å². The van der Waals surface area contributed by atoms with Crippen LogP contribution in [0.2, 0.25) is 0 Å². The lowest BCUT2D eigenvalue weighted by molar-refractivity contribution is -0.870. The molecule has 0 N–H and O–H groups in total. The predicted molar refractivity (Wildman–Crippen MR) is 277 cm³/mol. The molecule has 0 spiro atoms. The Morgan fingerprint density at radius 1 is 0.485 bits per heavy atom. The van der Waals surface area contributed by atoms with E-state index in [4.69, 9.17) is 18.5 Å². The molecule has 66 heavy (non-hydrogen) atoms. The fourth-order valence-electron chi connectivity index (χ4n) is 7.35. The molecule has 384 valence electrons.